The third kappa shape index (κ3) is 3.29. The molecule has 0 radical (unpaired) electrons. The normalized spacial score (nSPS) is 13.5. The maximum Gasteiger partial charge on any atom is 0.265 e. The zero-order chi connectivity index (χ0) is 15.5. The van der Waals surface area contributed by atoms with E-state index in [0.29, 0.717) is 40.4 Å². The van der Waals surface area contributed by atoms with Crippen molar-refractivity contribution in [3.05, 3.63) is 52.5 Å². The van der Waals surface area contributed by atoms with E-state index in [1.165, 1.54) is 0 Å². The molecule has 2 aromatic carbocycles. The van der Waals surface area contributed by atoms with Crippen LogP contribution in [0.4, 0.5) is 5.69 Å². The molecule has 0 aliphatic carbocycles. The molecule has 0 fully saturated rings. The van der Waals surface area contributed by atoms with Crippen molar-refractivity contribution in [1.29, 1.82) is 0 Å². The summed E-state index contributed by atoms with van der Waals surface area (Å²) in [7, 11) is 0. The summed E-state index contributed by atoms with van der Waals surface area (Å²) in [6, 6.07) is 12.3. The van der Waals surface area contributed by atoms with Crippen molar-refractivity contribution in [3.8, 4) is 11.5 Å². The molecule has 0 unspecified atom stereocenters. The molecule has 114 valence electrons. The van der Waals surface area contributed by atoms with Gasteiger partial charge in [0.15, 0.2) is 6.61 Å². The van der Waals surface area contributed by atoms with Crippen LogP contribution in [0.15, 0.2) is 42.5 Å². The predicted molar refractivity (Wildman–Crippen MR) is 86.2 cm³/mol. The number of amides is 1. The molecule has 4 nitrogen and oxygen atoms in total. The highest BCUT2D eigenvalue weighted by Crippen LogP contribution is 2.34. The van der Waals surface area contributed by atoms with Gasteiger partial charge in [-0.25, -0.2) is 0 Å². The molecule has 22 heavy (non-hydrogen) atoms. The van der Waals surface area contributed by atoms with Crippen molar-refractivity contribution in [2.45, 2.75) is 0 Å². The fraction of sp³-hybridized carbons (Fsp3) is 0.188. The van der Waals surface area contributed by atoms with E-state index in [0.717, 1.165) is 0 Å². The summed E-state index contributed by atoms with van der Waals surface area (Å²) < 4.78 is 11.0. The number of rotatable bonds is 4. The first-order valence-electron chi connectivity index (χ1n) is 6.74. The Bertz CT molecular complexity index is 688. The quantitative estimate of drug-likeness (QED) is 0.851. The number of halogens is 2. The van der Waals surface area contributed by atoms with Gasteiger partial charge in [-0.3, -0.25) is 4.79 Å². The van der Waals surface area contributed by atoms with Crippen LogP contribution in [0.3, 0.4) is 0 Å². The van der Waals surface area contributed by atoms with Gasteiger partial charge in [0.1, 0.15) is 18.1 Å². The van der Waals surface area contributed by atoms with Gasteiger partial charge in [-0.2, -0.15) is 0 Å². The van der Waals surface area contributed by atoms with Gasteiger partial charge in [0.2, 0.25) is 0 Å². The third-order valence-corrected chi connectivity index (χ3v) is 3.75. The third-order valence-electron chi connectivity index (χ3n) is 3.26. The number of carbonyl (C=O) groups is 1. The molecule has 0 N–H and O–H groups in total. The molecular weight excluding hydrogens is 325 g/mol. The second kappa shape index (κ2) is 6.46. The van der Waals surface area contributed by atoms with Crippen LogP contribution in [-0.4, -0.2) is 25.7 Å². The van der Waals surface area contributed by atoms with Gasteiger partial charge >= 0.3 is 0 Å². The predicted octanol–water partition coefficient (Wildman–Crippen LogP) is 3.80. The highest BCUT2D eigenvalue weighted by atomic mass is 35.5. The first kappa shape index (κ1) is 15.0. The summed E-state index contributed by atoms with van der Waals surface area (Å²) in [4.78, 5) is 13.7. The number of hydrogen-bond donors (Lipinski definition) is 0. The van der Waals surface area contributed by atoms with Gasteiger partial charge in [-0.1, -0.05) is 23.2 Å². The number of benzene rings is 2. The van der Waals surface area contributed by atoms with E-state index < -0.39 is 0 Å². The highest BCUT2D eigenvalue weighted by Gasteiger charge is 2.25. The van der Waals surface area contributed by atoms with Crippen molar-refractivity contribution in [3.63, 3.8) is 0 Å². The Morgan fingerprint density at radius 3 is 2.59 bits per heavy atom. The van der Waals surface area contributed by atoms with Crippen LogP contribution in [0.2, 0.25) is 10.0 Å². The van der Waals surface area contributed by atoms with Crippen LogP contribution in [0, 0.1) is 0 Å². The van der Waals surface area contributed by atoms with E-state index in [4.69, 9.17) is 32.7 Å². The molecule has 1 amide bonds. The summed E-state index contributed by atoms with van der Waals surface area (Å²) in [6.45, 7) is 0.799. The smallest absolute Gasteiger partial charge is 0.265 e. The Morgan fingerprint density at radius 2 is 1.82 bits per heavy atom. The lowest BCUT2D eigenvalue weighted by Crippen LogP contribution is -2.41. The lowest BCUT2D eigenvalue weighted by atomic mass is 10.2. The average molecular weight is 338 g/mol. The Balaban J connectivity index is 1.68. The minimum absolute atomic E-state index is 0.0234. The SMILES string of the molecule is O=C1COc2ccc(Cl)cc2N1CCOc1ccc(Cl)cc1. The molecule has 0 atom stereocenters. The zero-order valence-corrected chi connectivity index (χ0v) is 13.1. The topological polar surface area (TPSA) is 38.8 Å². The maximum absolute atomic E-state index is 12.0. The molecule has 1 aliphatic heterocycles. The molecule has 1 aliphatic rings. The van der Waals surface area contributed by atoms with Crippen molar-refractivity contribution in [2.24, 2.45) is 0 Å². The molecule has 0 bridgehead atoms. The first-order valence-corrected chi connectivity index (χ1v) is 7.50. The van der Waals surface area contributed by atoms with Gasteiger partial charge in [0, 0.05) is 10.0 Å². The second-order valence-corrected chi connectivity index (χ2v) is 5.62. The minimum Gasteiger partial charge on any atom is -0.492 e. The van der Waals surface area contributed by atoms with Gasteiger partial charge in [0.05, 0.1) is 12.2 Å². The van der Waals surface area contributed by atoms with Crippen molar-refractivity contribution in [2.75, 3.05) is 24.7 Å². The molecule has 0 saturated carbocycles. The number of hydrogen-bond acceptors (Lipinski definition) is 3. The van der Waals surface area contributed by atoms with Crippen molar-refractivity contribution in [1.82, 2.24) is 0 Å². The van der Waals surface area contributed by atoms with Gasteiger partial charge in [0.25, 0.3) is 5.91 Å². The fourth-order valence-corrected chi connectivity index (χ4v) is 2.50. The fourth-order valence-electron chi connectivity index (χ4n) is 2.21. The molecule has 2 aromatic rings. The van der Waals surface area contributed by atoms with E-state index in [-0.39, 0.29) is 12.5 Å². The molecule has 0 spiro atoms. The van der Waals surface area contributed by atoms with Gasteiger partial charge in [-0.05, 0) is 42.5 Å². The van der Waals surface area contributed by atoms with Gasteiger partial charge in [-0.15, -0.1) is 0 Å². The second-order valence-electron chi connectivity index (χ2n) is 4.75. The van der Waals surface area contributed by atoms with Crippen LogP contribution >= 0.6 is 23.2 Å². The molecule has 0 aromatic heterocycles. The van der Waals surface area contributed by atoms with E-state index in [2.05, 4.69) is 0 Å². The van der Waals surface area contributed by atoms with E-state index in [9.17, 15) is 4.79 Å². The van der Waals surface area contributed by atoms with E-state index in [1.807, 2.05) is 0 Å². The number of nitrogens with zero attached hydrogens (tertiary/aromatic N) is 1. The summed E-state index contributed by atoms with van der Waals surface area (Å²) in [5, 5.41) is 1.21. The molecule has 6 heteroatoms. The number of anilines is 1. The van der Waals surface area contributed by atoms with Crippen molar-refractivity contribution >= 4 is 34.8 Å². The lowest BCUT2D eigenvalue weighted by Gasteiger charge is -2.29. The first-order chi connectivity index (χ1) is 10.6. The number of ether oxygens (including phenoxy) is 2. The van der Waals surface area contributed by atoms with E-state index in [1.54, 1.807) is 47.4 Å². The van der Waals surface area contributed by atoms with Crippen LogP contribution in [0.5, 0.6) is 11.5 Å². The summed E-state index contributed by atoms with van der Waals surface area (Å²) in [5.41, 5.74) is 0.670. The Kier molecular flexibility index (Phi) is 4.41. The monoisotopic (exact) mass is 337 g/mol. The van der Waals surface area contributed by atoms with E-state index >= 15 is 0 Å². The molecule has 3 rings (SSSR count). The zero-order valence-electron chi connectivity index (χ0n) is 11.6. The molecule has 1 heterocycles. The van der Waals surface area contributed by atoms with Crippen LogP contribution in [0.25, 0.3) is 0 Å². The van der Waals surface area contributed by atoms with Crippen molar-refractivity contribution < 1.29 is 14.3 Å². The maximum atomic E-state index is 12.0. The van der Waals surface area contributed by atoms with Gasteiger partial charge < -0.3 is 14.4 Å². The standard InChI is InChI=1S/C16H13Cl2NO3/c17-11-1-4-13(5-2-11)21-8-7-19-14-9-12(18)3-6-15(14)22-10-16(19)20/h1-6,9H,7-8,10H2. The summed E-state index contributed by atoms with van der Waals surface area (Å²) in [6.07, 6.45) is 0. The summed E-state index contributed by atoms with van der Waals surface area (Å²) in [5.74, 6) is 1.24. The van der Waals surface area contributed by atoms with Crippen LogP contribution < -0.4 is 14.4 Å². The molecule has 0 saturated heterocycles. The Hall–Kier alpha value is -1.91. The van der Waals surface area contributed by atoms with Crippen LogP contribution in [0.1, 0.15) is 0 Å². The highest BCUT2D eigenvalue weighted by molar-refractivity contribution is 6.31. The Labute approximate surface area is 138 Å². The molecular formula is C16H13Cl2NO3. The average Bonchev–Trinajstić information content (AvgIpc) is 2.51. The Morgan fingerprint density at radius 1 is 1.09 bits per heavy atom. The largest absolute Gasteiger partial charge is 0.492 e. The minimum atomic E-state index is -0.116. The lowest BCUT2D eigenvalue weighted by molar-refractivity contribution is -0.121. The number of fused-ring (bicyclic) bond motifs is 1. The number of carbonyl (C=O) groups excluding carboxylic acids is 1. The summed E-state index contributed by atoms with van der Waals surface area (Å²) >= 11 is 11.8. The van der Waals surface area contributed by atoms with Crippen LogP contribution in [-0.2, 0) is 4.79 Å².